The van der Waals surface area contributed by atoms with Gasteiger partial charge in [0.05, 0.1) is 6.04 Å². The van der Waals surface area contributed by atoms with Crippen LogP contribution in [0.1, 0.15) is 18.7 Å². The molecule has 0 saturated heterocycles. The predicted octanol–water partition coefficient (Wildman–Crippen LogP) is 2.31. The lowest BCUT2D eigenvalue weighted by Crippen LogP contribution is -2.31. The molecule has 0 bridgehead atoms. The van der Waals surface area contributed by atoms with Crippen LogP contribution in [-0.2, 0) is 9.47 Å². The predicted molar refractivity (Wildman–Crippen MR) is 60.6 cm³/mol. The molecule has 0 aromatic carbocycles. The highest BCUT2D eigenvalue weighted by molar-refractivity contribution is 9.10. The molecule has 5 heteroatoms. The van der Waals surface area contributed by atoms with Crippen LogP contribution < -0.4 is 5.32 Å². The highest BCUT2D eigenvalue weighted by atomic mass is 79.9. The minimum absolute atomic E-state index is 0.129. The van der Waals surface area contributed by atoms with E-state index in [2.05, 4.69) is 21.2 Å². The first-order chi connectivity index (χ1) is 7.17. The van der Waals surface area contributed by atoms with Crippen molar-refractivity contribution < 1.29 is 13.9 Å². The molecule has 15 heavy (non-hydrogen) atoms. The Balaban J connectivity index is 2.39. The van der Waals surface area contributed by atoms with Crippen molar-refractivity contribution >= 4 is 15.9 Å². The second-order valence-electron chi connectivity index (χ2n) is 3.17. The van der Waals surface area contributed by atoms with Crippen molar-refractivity contribution in [3.63, 3.8) is 0 Å². The van der Waals surface area contributed by atoms with Gasteiger partial charge >= 0.3 is 0 Å². The topological polar surface area (TPSA) is 43.6 Å². The van der Waals surface area contributed by atoms with E-state index in [0.29, 0.717) is 6.54 Å². The third kappa shape index (κ3) is 3.95. The second-order valence-corrected chi connectivity index (χ2v) is 3.95. The van der Waals surface area contributed by atoms with Crippen molar-refractivity contribution in [2.75, 3.05) is 20.8 Å². The van der Waals surface area contributed by atoms with E-state index in [9.17, 15) is 0 Å². The largest absolute Gasteiger partial charge is 0.453 e. The van der Waals surface area contributed by atoms with Gasteiger partial charge in [0.2, 0.25) is 0 Å². The van der Waals surface area contributed by atoms with Crippen LogP contribution in [0.2, 0.25) is 0 Å². The summed E-state index contributed by atoms with van der Waals surface area (Å²) in [5.41, 5.74) is 0. The molecule has 1 N–H and O–H groups in total. The van der Waals surface area contributed by atoms with E-state index in [1.54, 1.807) is 14.2 Å². The summed E-state index contributed by atoms with van der Waals surface area (Å²) in [6.45, 7) is 2.64. The monoisotopic (exact) mass is 277 g/mol. The van der Waals surface area contributed by atoms with Crippen molar-refractivity contribution in [2.24, 2.45) is 0 Å². The van der Waals surface area contributed by atoms with Gasteiger partial charge in [0.15, 0.2) is 11.0 Å². The van der Waals surface area contributed by atoms with E-state index in [4.69, 9.17) is 13.9 Å². The Hall–Kier alpha value is -0.360. The number of rotatable bonds is 6. The van der Waals surface area contributed by atoms with Crippen LogP contribution in [0.5, 0.6) is 0 Å². The van der Waals surface area contributed by atoms with Gasteiger partial charge in [-0.1, -0.05) is 0 Å². The Morgan fingerprint density at radius 1 is 1.40 bits per heavy atom. The maximum atomic E-state index is 5.42. The first-order valence-electron chi connectivity index (χ1n) is 4.71. The van der Waals surface area contributed by atoms with Crippen LogP contribution in [0, 0.1) is 0 Å². The summed E-state index contributed by atoms with van der Waals surface area (Å²) < 4.78 is 16.3. The number of hydrogen-bond acceptors (Lipinski definition) is 4. The van der Waals surface area contributed by atoms with Gasteiger partial charge in [0.25, 0.3) is 0 Å². The maximum Gasteiger partial charge on any atom is 0.169 e. The van der Waals surface area contributed by atoms with Gasteiger partial charge in [-0.2, -0.15) is 0 Å². The van der Waals surface area contributed by atoms with Crippen LogP contribution in [0.15, 0.2) is 21.2 Å². The van der Waals surface area contributed by atoms with Gasteiger partial charge in [-0.05, 0) is 35.0 Å². The molecule has 0 fully saturated rings. The van der Waals surface area contributed by atoms with Gasteiger partial charge in [-0.25, -0.2) is 0 Å². The summed E-state index contributed by atoms with van der Waals surface area (Å²) in [5.74, 6) is 0.882. The quantitative estimate of drug-likeness (QED) is 0.811. The molecule has 4 nitrogen and oxygen atoms in total. The smallest absolute Gasteiger partial charge is 0.169 e. The number of hydrogen-bond donors (Lipinski definition) is 1. The molecule has 1 rings (SSSR count). The fourth-order valence-corrected chi connectivity index (χ4v) is 1.52. The zero-order chi connectivity index (χ0) is 11.3. The molecule has 0 amide bonds. The molecule has 1 unspecified atom stereocenters. The third-order valence-electron chi connectivity index (χ3n) is 2.14. The van der Waals surface area contributed by atoms with Crippen molar-refractivity contribution in [1.82, 2.24) is 5.32 Å². The minimum Gasteiger partial charge on any atom is -0.453 e. The van der Waals surface area contributed by atoms with Crippen molar-refractivity contribution in [3.05, 3.63) is 22.6 Å². The molecule has 0 radical (unpaired) electrons. The van der Waals surface area contributed by atoms with Gasteiger partial charge in [-0.15, -0.1) is 0 Å². The molecule has 1 atom stereocenters. The normalized spacial score (nSPS) is 13.4. The lowest BCUT2D eigenvalue weighted by Gasteiger charge is -2.17. The van der Waals surface area contributed by atoms with E-state index in [-0.39, 0.29) is 12.3 Å². The van der Waals surface area contributed by atoms with E-state index in [1.165, 1.54) is 0 Å². The first-order valence-corrected chi connectivity index (χ1v) is 5.51. The molecule has 0 aliphatic heterocycles. The SMILES string of the molecule is COC(CNC(C)c1ccc(Br)o1)OC. The van der Waals surface area contributed by atoms with Crippen LogP contribution in [0.25, 0.3) is 0 Å². The zero-order valence-corrected chi connectivity index (χ0v) is 10.7. The first kappa shape index (κ1) is 12.7. The molecule has 1 heterocycles. The molecule has 1 aromatic heterocycles. The molecule has 0 spiro atoms. The van der Waals surface area contributed by atoms with Crippen molar-refractivity contribution in [2.45, 2.75) is 19.3 Å². The molecular weight excluding hydrogens is 262 g/mol. The fraction of sp³-hybridized carbons (Fsp3) is 0.600. The number of methoxy groups -OCH3 is 2. The number of ether oxygens (including phenoxy) is 2. The van der Waals surface area contributed by atoms with E-state index in [0.717, 1.165) is 10.4 Å². The Morgan fingerprint density at radius 3 is 2.53 bits per heavy atom. The van der Waals surface area contributed by atoms with Crippen LogP contribution in [0.3, 0.4) is 0 Å². The molecule has 0 aliphatic rings. The van der Waals surface area contributed by atoms with Gasteiger partial charge in [0.1, 0.15) is 5.76 Å². The lowest BCUT2D eigenvalue weighted by atomic mass is 10.2. The highest BCUT2D eigenvalue weighted by Crippen LogP contribution is 2.19. The lowest BCUT2D eigenvalue weighted by molar-refractivity contribution is -0.0999. The molecule has 86 valence electrons. The number of nitrogens with one attached hydrogen (secondary N) is 1. The molecular formula is C10H16BrNO3. The summed E-state index contributed by atoms with van der Waals surface area (Å²) in [5, 5.41) is 3.25. The summed E-state index contributed by atoms with van der Waals surface area (Å²) in [6.07, 6.45) is -0.231. The fourth-order valence-electron chi connectivity index (χ4n) is 1.20. The Labute approximate surface area is 98.1 Å². The average Bonchev–Trinajstić information content (AvgIpc) is 2.66. The van der Waals surface area contributed by atoms with Gasteiger partial charge < -0.3 is 19.2 Å². The standard InChI is InChI=1S/C10H16BrNO3/c1-7(8-4-5-9(11)15-8)12-6-10(13-2)14-3/h4-5,7,10,12H,6H2,1-3H3. The van der Waals surface area contributed by atoms with E-state index < -0.39 is 0 Å². The van der Waals surface area contributed by atoms with Crippen LogP contribution in [-0.4, -0.2) is 27.1 Å². The van der Waals surface area contributed by atoms with Gasteiger partial charge in [-0.3, -0.25) is 0 Å². The van der Waals surface area contributed by atoms with Crippen molar-refractivity contribution in [3.8, 4) is 0 Å². The Morgan fingerprint density at radius 2 is 2.07 bits per heavy atom. The zero-order valence-electron chi connectivity index (χ0n) is 9.12. The third-order valence-corrected chi connectivity index (χ3v) is 2.56. The Bertz CT molecular complexity index is 286. The number of halogens is 1. The molecule has 0 saturated carbocycles. The maximum absolute atomic E-state index is 5.42. The average molecular weight is 278 g/mol. The Kier molecular flexibility index (Phi) is 5.31. The number of furan rings is 1. The van der Waals surface area contributed by atoms with E-state index >= 15 is 0 Å². The molecule has 0 aliphatic carbocycles. The van der Waals surface area contributed by atoms with Crippen LogP contribution >= 0.6 is 15.9 Å². The second kappa shape index (κ2) is 6.27. The highest BCUT2D eigenvalue weighted by Gasteiger charge is 2.12. The molecule has 1 aromatic rings. The summed E-state index contributed by atoms with van der Waals surface area (Å²) >= 11 is 3.26. The van der Waals surface area contributed by atoms with Crippen LogP contribution in [0.4, 0.5) is 0 Å². The summed E-state index contributed by atoms with van der Waals surface area (Å²) in [6, 6.07) is 3.93. The summed E-state index contributed by atoms with van der Waals surface area (Å²) in [7, 11) is 3.23. The summed E-state index contributed by atoms with van der Waals surface area (Å²) in [4.78, 5) is 0. The minimum atomic E-state index is -0.231. The van der Waals surface area contributed by atoms with Gasteiger partial charge in [0, 0.05) is 20.8 Å². The van der Waals surface area contributed by atoms with Crippen molar-refractivity contribution in [1.29, 1.82) is 0 Å². The van der Waals surface area contributed by atoms with E-state index in [1.807, 2.05) is 19.1 Å².